The summed E-state index contributed by atoms with van der Waals surface area (Å²) in [5.74, 6) is 5.90. The SMILES string of the molecule is Cc1nc(C)nc(-c2ccc3c(c2)c2cc(-c4nc(C)nc(C)n4)ccc2n3-c2cc(C#N)ccc2-c2ccc(-c3ccc(C(F)(F)F)cc3C(F)(F)F)cc2-n2c3ccc(-c4nc(C)nc(C)n4)cc3c3cc(-c4nc(C)nc(C)n4)ccc32)n1. The van der Waals surface area contributed by atoms with Crippen LogP contribution in [0, 0.1) is 66.7 Å². The lowest BCUT2D eigenvalue weighted by molar-refractivity contribution is -0.142. The third-order valence-corrected chi connectivity index (χ3v) is 14.9. The van der Waals surface area contributed by atoms with Crippen molar-refractivity contribution in [3.63, 3.8) is 0 Å². The fourth-order valence-corrected chi connectivity index (χ4v) is 11.4. The number of alkyl halides is 6. The van der Waals surface area contributed by atoms with Gasteiger partial charge in [-0.1, -0.05) is 24.3 Å². The van der Waals surface area contributed by atoms with Crippen LogP contribution in [0.2, 0.25) is 0 Å². The highest BCUT2D eigenvalue weighted by atomic mass is 19.4. The second kappa shape index (κ2) is 20.3. The first-order valence-corrected chi connectivity index (χ1v) is 27.0. The number of nitriles is 1. The zero-order valence-electron chi connectivity index (χ0n) is 47.1. The summed E-state index contributed by atoms with van der Waals surface area (Å²) in [6.07, 6.45) is -10.3. The number of nitrogens with zero attached hydrogens (tertiary/aromatic N) is 15. The van der Waals surface area contributed by atoms with E-state index in [2.05, 4.69) is 65.9 Å². The summed E-state index contributed by atoms with van der Waals surface area (Å²) >= 11 is 0. The molecule has 422 valence electrons. The smallest absolute Gasteiger partial charge is 0.309 e. The van der Waals surface area contributed by atoms with E-state index in [9.17, 15) is 18.4 Å². The van der Waals surface area contributed by atoms with Crippen LogP contribution in [0.3, 0.4) is 0 Å². The first-order valence-electron chi connectivity index (χ1n) is 27.0. The Morgan fingerprint density at radius 3 is 0.965 bits per heavy atom. The molecule has 0 aliphatic carbocycles. The van der Waals surface area contributed by atoms with Crippen molar-refractivity contribution in [3.8, 4) is 85.2 Å². The summed E-state index contributed by atoms with van der Waals surface area (Å²) in [6.45, 7) is 14.3. The van der Waals surface area contributed by atoms with E-state index in [4.69, 9.17) is 0 Å². The van der Waals surface area contributed by atoms with Gasteiger partial charge in [-0.2, -0.15) is 31.6 Å². The molecule has 6 heterocycles. The molecule has 0 spiro atoms. The van der Waals surface area contributed by atoms with Crippen molar-refractivity contribution in [3.05, 3.63) is 191 Å². The lowest BCUT2D eigenvalue weighted by Gasteiger charge is -2.21. The van der Waals surface area contributed by atoms with Crippen molar-refractivity contribution < 1.29 is 26.3 Å². The topological polar surface area (TPSA) is 188 Å². The lowest BCUT2D eigenvalue weighted by atomic mass is 9.92. The van der Waals surface area contributed by atoms with E-state index >= 15 is 13.2 Å². The van der Waals surface area contributed by atoms with Crippen LogP contribution < -0.4 is 0 Å². The molecule has 0 saturated carbocycles. The summed E-state index contributed by atoms with van der Waals surface area (Å²) in [4.78, 5) is 55.0. The van der Waals surface area contributed by atoms with Crippen molar-refractivity contribution >= 4 is 43.6 Å². The van der Waals surface area contributed by atoms with E-state index < -0.39 is 29.0 Å². The quantitative estimate of drug-likeness (QED) is 0.131. The van der Waals surface area contributed by atoms with Gasteiger partial charge in [0.25, 0.3) is 0 Å². The average Bonchev–Trinajstić information content (AvgIpc) is 1.63. The van der Waals surface area contributed by atoms with E-state index in [1.54, 1.807) is 85.7 Å². The van der Waals surface area contributed by atoms with Gasteiger partial charge in [0.05, 0.1) is 56.2 Å². The van der Waals surface area contributed by atoms with Crippen LogP contribution in [0.25, 0.3) is 123 Å². The maximum Gasteiger partial charge on any atom is 0.417 e. The summed E-state index contributed by atoms with van der Waals surface area (Å²) in [7, 11) is 0. The third-order valence-electron chi connectivity index (χ3n) is 14.9. The summed E-state index contributed by atoms with van der Waals surface area (Å²) in [5, 5.41) is 13.6. The molecule has 0 atom stereocenters. The highest BCUT2D eigenvalue weighted by Crippen LogP contribution is 2.47. The number of fused-ring (bicyclic) bond motifs is 6. The second-order valence-electron chi connectivity index (χ2n) is 20.9. The molecule has 0 saturated heterocycles. The van der Waals surface area contributed by atoms with Crippen LogP contribution in [0.1, 0.15) is 63.3 Å². The molecule has 0 amide bonds. The van der Waals surface area contributed by atoms with Crippen LogP contribution in [0.5, 0.6) is 0 Å². The fraction of sp³-hybridized carbons (Fsp3) is 0.154. The molecule has 86 heavy (non-hydrogen) atoms. The van der Waals surface area contributed by atoms with Crippen molar-refractivity contribution in [1.82, 2.24) is 68.9 Å². The van der Waals surface area contributed by atoms with Gasteiger partial charge in [-0.3, -0.25) is 0 Å². The van der Waals surface area contributed by atoms with Gasteiger partial charge in [0.15, 0.2) is 23.3 Å². The zero-order chi connectivity index (χ0) is 60.2. The molecule has 0 aliphatic heterocycles. The largest absolute Gasteiger partial charge is 0.417 e. The number of halogens is 6. The van der Waals surface area contributed by atoms with E-state index in [1.807, 2.05) is 81.9 Å². The van der Waals surface area contributed by atoms with E-state index in [-0.39, 0.29) is 11.6 Å². The molecule has 0 bridgehead atoms. The number of hydrogen-bond acceptors (Lipinski definition) is 13. The Kier molecular flexibility index (Phi) is 12.8. The maximum absolute atomic E-state index is 15.3. The van der Waals surface area contributed by atoms with Gasteiger partial charge < -0.3 is 9.13 Å². The normalized spacial score (nSPS) is 12.1. The monoisotopic (exact) mass is 1150 g/mol. The number of aryl methyl sites for hydroxylation is 8. The van der Waals surface area contributed by atoms with E-state index in [0.717, 1.165) is 16.8 Å². The van der Waals surface area contributed by atoms with Crippen LogP contribution in [-0.4, -0.2) is 68.9 Å². The zero-order valence-corrected chi connectivity index (χ0v) is 47.1. The van der Waals surface area contributed by atoms with Gasteiger partial charge in [-0.15, -0.1) is 0 Å². The predicted octanol–water partition coefficient (Wildman–Crippen LogP) is 15.0. The van der Waals surface area contributed by atoms with Crippen LogP contribution in [0.15, 0.2) is 127 Å². The van der Waals surface area contributed by atoms with Gasteiger partial charge in [0.1, 0.15) is 46.6 Å². The average molecular weight is 1150 g/mol. The number of aromatic nitrogens is 14. The fourth-order valence-electron chi connectivity index (χ4n) is 11.4. The Hall–Kier alpha value is -10.8. The molecule has 15 nitrogen and oxygen atoms in total. The predicted molar refractivity (Wildman–Crippen MR) is 314 cm³/mol. The molecular weight excluding hydrogens is 1100 g/mol. The Morgan fingerprint density at radius 1 is 0.326 bits per heavy atom. The standard InChI is InChI=1S/C65H45F6N15/c1-31-73-32(2)78-60(77-31)41-11-19-54-49(24-41)50-25-42(61-79-33(3)74-34(4)80-61)12-20-55(50)85(54)58-23-39(30-72)9-16-47(58)48-17-10-40(46-18-15-45(64(66,67)68)29-53(46)65(69,70)71)28-59(48)86-56-21-13-43(62-81-35(5)75-36(6)82-62)26-51(56)52-27-44(14-22-57(52)86)63-83-37(7)76-38(8)84-63/h9-29H,1-8H3. The number of rotatable bonds is 8. The molecule has 13 aromatic rings. The lowest BCUT2D eigenvalue weighted by Crippen LogP contribution is -2.12. The van der Waals surface area contributed by atoms with Crippen molar-refractivity contribution in [2.24, 2.45) is 0 Å². The second-order valence-corrected chi connectivity index (χ2v) is 20.9. The van der Waals surface area contributed by atoms with Gasteiger partial charge in [-0.05, 0) is 170 Å². The Morgan fingerprint density at radius 2 is 0.640 bits per heavy atom. The van der Waals surface area contributed by atoms with Gasteiger partial charge >= 0.3 is 12.4 Å². The van der Waals surface area contributed by atoms with Crippen LogP contribution in [0.4, 0.5) is 26.3 Å². The molecule has 6 aromatic heterocycles. The Bertz CT molecular complexity index is 4760. The van der Waals surface area contributed by atoms with Gasteiger partial charge in [-0.25, -0.2) is 59.8 Å². The molecule has 0 fully saturated rings. The Balaban J connectivity index is 1.14. The molecule has 0 N–H and O–H groups in total. The molecule has 0 radical (unpaired) electrons. The summed E-state index contributed by atoms with van der Waals surface area (Å²) in [6, 6.07) is 36.9. The summed E-state index contributed by atoms with van der Waals surface area (Å²) in [5.41, 5.74) is 3.99. The van der Waals surface area contributed by atoms with Gasteiger partial charge in [0.2, 0.25) is 0 Å². The minimum Gasteiger partial charge on any atom is -0.309 e. The highest BCUT2D eigenvalue weighted by molar-refractivity contribution is 6.14. The van der Waals surface area contributed by atoms with Gasteiger partial charge in [0, 0.05) is 54.9 Å². The summed E-state index contributed by atoms with van der Waals surface area (Å²) < 4.78 is 92.6. The van der Waals surface area contributed by atoms with Crippen molar-refractivity contribution in [2.45, 2.75) is 67.7 Å². The molecule has 21 heteroatoms. The van der Waals surface area contributed by atoms with Crippen LogP contribution in [-0.2, 0) is 12.4 Å². The molecule has 7 aromatic carbocycles. The minimum absolute atomic E-state index is 0.0277. The van der Waals surface area contributed by atoms with Crippen molar-refractivity contribution in [2.75, 3.05) is 0 Å². The first kappa shape index (κ1) is 54.5. The minimum atomic E-state index is -5.20. The van der Waals surface area contributed by atoms with E-state index in [0.29, 0.717) is 159 Å². The maximum atomic E-state index is 15.3. The number of hydrogen-bond donors (Lipinski definition) is 0. The third kappa shape index (κ3) is 9.73. The molecule has 0 unspecified atom stereocenters. The molecular formula is C65H45F6N15. The highest BCUT2D eigenvalue weighted by Gasteiger charge is 2.39. The molecule has 0 aliphatic rings. The van der Waals surface area contributed by atoms with Crippen LogP contribution >= 0.6 is 0 Å². The molecule has 13 rings (SSSR count). The number of benzene rings is 7. The Labute approximate surface area is 485 Å². The van der Waals surface area contributed by atoms with E-state index in [1.165, 1.54) is 6.07 Å². The first-order chi connectivity index (χ1) is 41.0. The van der Waals surface area contributed by atoms with Crippen molar-refractivity contribution in [1.29, 1.82) is 5.26 Å².